The Balaban J connectivity index is 1.65. The van der Waals surface area contributed by atoms with Crippen molar-refractivity contribution in [3.8, 4) is 11.3 Å². The number of hydrogen-bond donors (Lipinski definition) is 1. The zero-order valence-corrected chi connectivity index (χ0v) is 16.4. The summed E-state index contributed by atoms with van der Waals surface area (Å²) in [6, 6.07) is 11.7. The first-order valence-corrected chi connectivity index (χ1v) is 11.1. The van der Waals surface area contributed by atoms with E-state index in [1.165, 1.54) is 11.8 Å². The Kier molecular flexibility index (Phi) is 5.34. The molecule has 0 unspecified atom stereocenters. The first-order chi connectivity index (χ1) is 12.2. The molecular weight excluding hydrogens is 370 g/mol. The van der Waals surface area contributed by atoms with Crippen molar-refractivity contribution in [3.63, 3.8) is 0 Å². The molecule has 2 aromatic rings. The highest BCUT2D eigenvalue weighted by molar-refractivity contribution is 7.99. The Labute approximate surface area is 157 Å². The van der Waals surface area contributed by atoms with E-state index in [0.717, 1.165) is 17.0 Å². The predicted octanol–water partition coefficient (Wildman–Crippen LogP) is 2.24. The number of nitrogens with zero attached hydrogens (tertiary/aromatic N) is 2. The largest absolute Gasteiger partial charge is 0.349 e. The van der Waals surface area contributed by atoms with Gasteiger partial charge in [-0.25, -0.2) is 18.4 Å². The highest BCUT2D eigenvalue weighted by Crippen LogP contribution is 2.24. The molecule has 0 aliphatic carbocycles. The summed E-state index contributed by atoms with van der Waals surface area (Å²) in [5, 5.41) is 3.38. The van der Waals surface area contributed by atoms with E-state index in [1.54, 1.807) is 6.92 Å². The lowest BCUT2D eigenvalue weighted by molar-refractivity contribution is -0.120. The van der Waals surface area contributed by atoms with Crippen molar-refractivity contribution in [2.45, 2.75) is 31.0 Å². The van der Waals surface area contributed by atoms with Crippen LogP contribution in [0.3, 0.4) is 0 Å². The molecule has 3 rings (SSSR count). The summed E-state index contributed by atoms with van der Waals surface area (Å²) >= 11 is 1.25. The number of sulfone groups is 1. The van der Waals surface area contributed by atoms with Gasteiger partial charge in [-0.2, -0.15) is 0 Å². The van der Waals surface area contributed by atoms with E-state index < -0.39 is 15.4 Å². The molecule has 138 valence electrons. The highest BCUT2D eigenvalue weighted by atomic mass is 32.2. The molecular formula is C18H21N3O3S2. The summed E-state index contributed by atoms with van der Waals surface area (Å²) in [5.41, 5.74) is 1.96. The van der Waals surface area contributed by atoms with Crippen LogP contribution in [0.15, 0.2) is 41.6 Å². The quantitative estimate of drug-likeness (QED) is 0.621. The van der Waals surface area contributed by atoms with Crippen molar-refractivity contribution in [2.24, 2.45) is 0 Å². The molecule has 0 spiro atoms. The zero-order valence-electron chi connectivity index (χ0n) is 14.7. The zero-order chi connectivity index (χ0) is 18.8. The maximum atomic E-state index is 12.2. The van der Waals surface area contributed by atoms with E-state index in [4.69, 9.17) is 0 Å². The number of nitrogens with one attached hydrogen (secondary N) is 1. The summed E-state index contributed by atoms with van der Waals surface area (Å²) in [4.78, 5) is 21.1. The highest BCUT2D eigenvalue weighted by Gasteiger charge is 2.39. The Morgan fingerprint density at radius 1 is 1.27 bits per heavy atom. The lowest BCUT2D eigenvalue weighted by Crippen LogP contribution is -2.47. The molecule has 1 amide bonds. The first-order valence-electron chi connectivity index (χ1n) is 8.30. The molecule has 1 saturated heterocycles. The fourth-order valence-corrected chi connectivity index (χ4v) is 5.77. The first kappa shape index (κ1) is 18.8. The average molecular weight is 392 g/mol. The normalized spacial score (nSPS) is 21.5. The van der Waals surface area contributed by atoms with Crippen LogP contribution in [-0.4, -0.2) is 47.1 Å². The second-order valence-corrected chi connectivity index (χ2v) is 9.91. The number of hydrogen-bond acceptors (Lipinski definition) is 6. The van der Waals surface area contributed by atoms with Crippen LogP contribution in [0.2, 0.25) is 0 Å². The van der Waals surface area contributed by atoms with Gasteiger partial charge >= 0.3 is 0 Å². The van der Waals surface area contributed by atoms with E-state index >= 15 is 0 Å². The lowest BCUT2D eigenvalue weighted by Gasteiger charge is -2.23. The number of carbonyl (C=O) groups is 1. The van der Waals surface area contributed by atoms with Gasteiger partial charge in [0.15, 0.2) is 15.0 Å². The molecule has 1 aromatic heterocycles. The second kappa shape index (κ2) is 7.36. The molecule has 26 heavy (non-hydrogen) atoms. The van der Waals surface area contributed by atoms with Gasteiger partial charge in [0, 0.05) is 11.3 Å². The SMILES string of the molecule is Cc1cc(-c2ccccc2)nc(SCC(=O)N[C@]2(C)CCS(=O)(=O)C2)n1. The predicted molar refractivity (Wildman–Crippen MR) is 103 cm³/mol. The molecule has 0 radical (unpaired) electrons. The van der Waals surface area contributed by atoms with E-state index in [2.05, 4.69) is 15.3 Å². The van der Waals surface area contributed by atoms with Crippen LogP contribution >= 0.6 is 11.8 Å². The summed E-state index contributed by atoms with van der Waals surface area (Å²) in [5.74, 6) is 0.0576. The van der Waals surface area contributed by atoms with Crippen LogP contribution in [0.4, 0.5) is 0 Å². The van der Waals surface area contributed by atoms with Crippen LogP contribution in [0.5, 0.6) is 0 Å². The monoisotopic (exact) mass is 391 g/mol. The van der Waals surface area contributed by atoms with Crippen molar-refractivity contribution in [1.82, 2.24) is 15.3 Å². The van der Waals surface area contributed by atoms with Gasteiger partial charge in [-0.05, 0) is 26.3 Å². The smallest absolute Gasteiger partial charge is 0.230 e. The Hall–Kier alpha value is -1.93. The van der Waals surface area contributed by atoms with Crippen LogP contribution in [0, 0.1) is 6.92 Å². The Bertz CT molecular complexity index is 917. The molecule has 1 N–H and O–H groups in total. The number of benzene rings is 1. The number of amides is 1. The van der Waals surface area contributed by atoms with Gasteiger partial charge in [-0.1, -0.05) is 42.1 Å². The number of rotatable bonds is 5. The molecule has 6 nitrogen and oxygen atoms in total. The maximum Gasteiger partial charge on any atom is 0.230 e. The third-order valence-electron chi connectivity index (χ3n) is 4.18. The fourth-order valence-electron chi connectivity index (χ4n) is 2.97. The van der Waals surface area contributed by atoms with Crippen LogP contribution in [0.25, 0.3) is 11.3 Å². The molecule has 1 aliphatic rings. The molecule has 2 heterocycles. The van der Waals surface area contributed by atoms with E-state index in [9.17, 15) is 13.2 Å². The van der Waals surface area contributed by atoms with Gasteiger partial charge in [-0.3, -0.25) is 4.79 Å². The third kappa shape index (κ3) is 4.82. The number of thioether (sulfide) groups is 1. The van der Waals surface area contributed by atoms with Gasteiger partial charge in [-0.15, -0.1) is 0 Å². The number of aryl methyl sites for hydroxylation is 1. The Morgan fingerprint density at radius 3 is 2.65 bits per heavy atom. The summed E-state index contributed by atoms with van der Waals surface area (Å²) < 4.78 is 23.3. The van der Waals surface area contributed by atoms with E-state index in [-0.39, 0.29) is 23.2 Å². The van der Waals surface area contributed by atoms with Crippen molar-refractivity contribution in [1.29, 1.82) is 0 Å². The number of carbonyl (C=O) groups excluding carboxylic acids is 1. The molecule has 0 bridgehead atoms. The van der Waals surface area contributed by atoms with Crippen LogP contribution in [0.1, 0.15) is 19.0 Å². The lowest BCUT2D eigenvalue weighted by atomic mass is 10.0. The minimum Gasteiger partial charge on any atom is -0.349 e. The van der Waals surface area contributed by atoms with Crippen molar-refractivity contribution < 1.29 is 13.2 Å². The average Bonchev–Trinajstić information content (AvgIpc) is 2.86. The Morgan fingerprint density at radius 2 is 2.00 bits per heavy atom. The minimum atomic E-state index is -3.05. The van der Waals surface area contributed by atoms with Crippen molar-refractivity contribution in [3.05, 3.63) is 42.1 Å². The molecule has 1 aliphatic heterocycles. The van der Waals surface area contributed by atoms with Crippen molar-refractivity contribution >= 4 is 27.5 Å². The molecule has 1 aromatic carbocycles. The third-order valence-corrected chi connectivity index (χ3v) is 6.93. The van der Waals surface area contributed by atoms with Gasteiger partial charge < -0.3 is 5.32 Å². The van der Waals surface area contributed by atoms with E-state index in [0.29, 0.717) is 11.6 Å². The summed E-state index contributed by atoms with van der Waals surface area (Å²) in [6.07, 6.45) is 0.449. The maximum absolute atomic E-state index is 12.2. The van der Waals surface area contributed by atoms with Gasteiger partial charge in [0.05, 0.1) is 28.5 Å². The topological polar surface area (TPSA) is 89.0 Å². The minimum absolute atomic E-state index is 0.00446. The summed E-state index contributed by atoms with van der Waals surface area (Å²) in [6.45, 7) is 3.67. The number of aromatic nitrogens is 2. The molecule has 1 fully saturated rings. The molecule has 1 atom stereocenters. The van der Waals surface area contributed by atoms with Crippen LogP contribution < -0.4 is 5.32 Å². The summed E-state index contributed by atoms with van der Waals surface area (Å²) in [7, 11) is -3.05. The molecule has 8 heteroatoms. The van der Waals surface area contributed by atoms with Gasteiger partial charge in [0.1, 0.15) is 0 Å². The van der Waals surface area contributed by atoms with Gasteiger partial charge in [0.2, 0.25) is 5.91 Å². The van der Waals surface area contributed by atoms with Gasteiger partial charge in [0.25, 0.3) is 0 Å². The molecule has 0 saturated carbocycles. The van der Waals surface area contributed by atoms with E-state index in [1.807, 2.05) is 43.3 Å². The second-order valence-electron chi connectivity index (χ2n) is 6.78. The standard InChI is InChI=1S/C18H21N3O3S2/c1-13-10-15(14-6-4-3-5-7-14)20-17(19-13)25-11-16(22)21-18(2)8-9-26(23,24)12-18/h3-7,10H,8-9,11-12H2,1-2H3,(H,21,22)/t18-/m1/s1. The van der Waals surface area contributed by atoms with Crippen molar-refractivity contribution in [2.75, 3.05) is 17.3 Å². The van der Waals surface area contributed by atoms with Crippen LogP contribution in [-0.2, 0) is 14.6 Å². The fraction of sp³-hybridized carbons (Fsp3) is 0.389.